The van der Waals surface area contributed by atoms with Gasteiger partial charge in [-0.25, -0.2) is 0 Å². The number of rotatable bonds is 4. The first-order chi connectivity index (χ1) is 10.4. The smallest absolute Gasteiger partial charge is 0.347 e. The summed E-state index contributed by atoms with van der Waals surface area (Å²) in [5, 5.41) is 6.18. The molecule has 1 aromatic heterocycles. The summed E-state index contributed by atoms with van der Waals surface area (Å²) in [7, 11) is 0. The van der Waals surface area contributed by atoms with E-state index in [1.807, 2.05) is 0 Å². The Morgan fingerprint density at radius 2 is 1.91 bits per heavy atom. The first-order valence-corrected chi connectivity index (χ1v) is 7.03. The highest BCUT2D eigenvalue weighted by Gasteiger charge is 2.38. The van der Waals surface area contributed by atoms with Crippen molar-refractivity contribution in [3.8, 4) is 0 Å². The molecule has 8 heteroatoms. The van der Waals surface area contributed by atoms with Crippen molar-refractivity contribution in [1.82, 2.24) is 5.32 Å². The number of carbonyl (C=O) groups excluding carboxylic acids is 2. The summed E-state index contributed by atoms with van der Waals surface area (Å²) in [4.78, 5) is 23.2. The maximum absolute atomic E-state index is 12.2. The topological polar surface area (TPSA) is 58.2 Å². The Morgan fingerprint density at radius 1 is 1.14 bits per heavy atom. The lowest BCUT2D eigenvalue weighted by molar-refractivity contribution is -0.167. The molecule has 0 fully saturated rings. The van der Waals surface area contributed by atoms with Gasteiger partial charge in [-0.15, -0.1) is 11.3 Å². The molecule has 4 nitrogen and oxygen atoms in total. The molecule has 1 heterocycles. The number of amides is 2. The van der Waals surface area contributed by atoms with Crippen LogP contribution in [0, 0.1) is 0 Å². The van der Waals surface area contributed by atoms with E-state index < -0.39 is 12.1 Å². The van der Waals surface area contributed by atoms with Crippen LogP contribution in [0.2, 0.25) is 0 Å². The van der Waals surface area contributed by atoms with Gasteiger partial charge in [0, 0.05) is 12.2 Å². The zero-order chi connectivity index (χ0) is 16.2. The van der Waals surface area contributed by atoms with E-state index in [1.54, 1.807) is 28.9 Å². The average Bonchev–Trinajstić information content (AvgIpc) is 2.98. The van der Waals surface area contributed by atoms with Crippen molar-refractivity contribution in [2.75, 3.05) is 5.32 Å². The first-order valence-electron chi connectivity index (χ1n) is 6.15. The Bertz CT molecular complexity index is 669. The average molecular weight is 328 g/mol. The zero-order valence-corrected chi connectivity index (χ0v) is 11.9. The third-order valence-corrected chi connectivity index (χ3v) is 3.51. The second kappa shape index (κ2) is 6.61. The summed E-state index contributed by atoms with van der Waals surface area (Å²) in [6.45, 7) is 0.145. The van der Waals surface area contributed by atoms with Crippen LogP contribution in [0.25, 0.3) is 0 Å². The predicted octanol–water partition coefficient (Wildman–Crippen LogP) is 3.18. The molecule has 0 aliphatic carbocycles. The number of anilines is 1. The van der Waals surface area contributed by atoms with E-state index in [1.165, 1.54) is 29.5 Å². The van der Waals surface area contributed by atoms with Crippen LogP contribution in [0.3, 0.4) is 0 Å². The highest BCUT2D eigenvalue weighted by Crippen LogP contribution is 2.19. The number of hydrogen-bond acceptors (Lipinski definition) is 3. The van der Waals surface area contributed by atoms with E-state index in [0.29, 0.717) is 10.4 Å². The van der Waals surface area contributed by atoms with Crippen LogP contribution in [0.4, 0.5) is 18.9 Å². The van der Waals surface area contributed by atoms with E-state index in [-0.39, 0.29) is 18.1 Å². The van der Waals surface area contributed by atoms with Crippen LogP contribution in [-0.4, -0.2) is 18.0 Å². The van der Waals surface area contributed by atoms with Gasteiger partial charge in [-0.1, -0.05) is 18.2 Å². The van der Waals surface area contributed by atoms with Crippen molar-refractivity contribution in [2.24, 2.45) is 0 Å². The Morgan fingerprint density at radius 3 is 2.55 bits per heavy atom. The minimum Gasteiger partial charge on any atom is -0.347 e. The lowest BCUT2D eigenvalue weighted by Gasteiger charge is -2.09. The van der Waals surface area contributed by atoms with E-state index in [0.717, 1.165) is 0 Å². The van der Waals surface area contributed by atoms with E-state index in [2.05, 4.69) is 5.32 Å². The molecule has 2 aromatic rings. The van der Waals surface area contributed by atoms with Crippen LogP contribution in [0.1, 0.15) is 15.2 Å². The molecular weight excluding hydrogens is 317 g/mol. The molecule has 2 rings (SSSR count). The number of benzene rings is 1. The fraction of sp³-hybridized carbons (Fsp3) is 0.143. The summed E-state index contributed by atoms with van der Waals surface area (Å²) in [5.74, 6) is -2.30. The highest BCUT2D eigenvalue weighted by atomic mass is 32.1. The third-order valence-electron chi connectivity index (χ3n) is 2.64. The molecule has 22 heavy (non-hydrogen) atoms. The second-order valence-corrected chi connectivity index (χ2v) is 5.26. The van der Waals surface area contributed by atoms with E-state index >= 15 is 0 Å². The van der Waals surface area contributed by atoms with Gasteiger partial charge >= 0.3 is 12.1 Å². The fourth-order valence-electron chi connectivity index (χ4n) is 1.64. The van der Waals surface area contributed by atoms with Gasteiger partial charge < -0.3 is 10.6 Å². The maximum Gasteiger partial charge on any atom is 0.471 e. The number of alkyl halides is 3. The summed E-state index contributed by atoms with van der Waals surface area (Å²) in [6, 6.07) is 9.26. The van der Waals surface area contributed by atoms with Crippen LogP contribution in [0.15, 0.2) is 41.8 Å². The summed E-state index contributed by atoms with van der Waals surface area (Å²) < 4.78 is 36.5. The van der Waals surface area contributed by atoms with Gasteiger partial charge in [0.15, 0.2) is 0 Å². The molecule has 0 bridgehead atoms. The fourth-order valence-corrected chi connectivity index (χ4v) is 2.28. The molecule has 0 aliphatic rings. The lowest BCUT2D eigenvalue weighted by Crippen LogP contribution is -2.30. The van der Waals surface area contributed by atoms with E-state index in [9.17, 15) is 22.8 Å². The van der Waals surface area contributed by atoms with Gasteiger partial charge in [0.25, 0.3) is 5.91 Å². The van der Waals surface area contributed by atoms with Gasteiger partial charge in [0.05, 0.1) is 4.88 Å². The van der Waals surface area contributed by atoms with E-state index in [4.69, 9.17) is 0 Å². The molecule has 0 unspecified atom stereocenters. The quantitative estimate of drug-likeness (QED) is 0.906. The predicted molar refractivity (Wildman–Crippen MR) is 76.6 cm³/mol. The molecule has 116 valence electrons. The Hall–Kier alpha value is -2.35. The Kier molecular flexibility index (Phi) is 4.81. The van der Waals surface area contributed by atoms with Gasteiger partial charge in [-0.3, -0.25) is 9.59 Å². The van der Waals surface area contributed by atoms with Crippen LogP contribution in [-0.2, 0) is 11.3 Å². The standard InChI is InChI=1S/C14H11F3N2O2S/c15-14(16,17)13(21)19-10-4-1-3-9(7-10)8-18-12(20)11-5-2-6-22-11/h1-7H,8H2,(H,18,20)(H,19,21). The molecule has 0 aliphatic heterocycles. The molecule has 0 saturated carbocycles. The SMILES string of the molecule is O=C(NCc1cccc(NC(=O)C(F)(F)F)c1)c1cccs1. The van der Waals surface area contributed by atoms with Crippen molar-refractivity contribution in [1.29, 1.82) is 0 Å². The summed E-state index contributed by atoms with van der Waals surface area (Å²) in [6.07, 6.45) is -4.94. The zero-order valence-electron chi connectivity index (χ0n) is 11.1. The van der Waals surface area contributed by atoms with Crippen LogP contribution < -0.4 is 10.6 Å². The minimum absolute atomic E-state index is 0.0187. The number of halogens is 3. The number of carbonyl (C=O) groups is 2. The van der Waals surface area contributed by atoms with Gasteiger partial charge in [-0.2, -0.15) is 13.2 Å². The summed E-state index contributed by atoms with van der Waals surface area (Å²) >= 11 is 1.29. The van der Waals surface area contributed by atoms with Gasteiger partial charge in [0.2, 0.25) is 0 Å². The first kappa shape index (κ1) is 16.0. The normalized spacial score (nSPS) is 11.0. The molecule has 0 spiro atoms. The van der Waals surface area contributed by atoms with Gasteiger partial charge in [-0.05, 0) is 29.1 Å². The molecule has 2 N–H and O–H groups in total. The third kappa shape index (κ3) is 4.32. The van der Waals surface area contributed by atoms with Crippen LogP contribution >= 0.6 is 11.3 Å². The molecule has 0 atom stereocenters. The van der Waals surface area contributed by atoms with Crippen molar-refractivity contribution in [3.05, 3.63) is 52.2 Å². The summed E-state index contributed by atoms with van der Waals surface area (Å²) in [5.41, 5.74) is 0.593. The van der Waals surface area contributed by atoms with Crippen molar-refractivity contribution in [2.45, 2.75) is 12.7 Å². The minimum atomic E-state index is -4.94. The van der Waals surface area contributed by atoms with Crippen molar-refractivity contribution >= 4 is 28.8 Å². The number of hydrogen-bond donors (Lipinski definition) is 2. The lowest BCUT2D eigenvalue weighted by atomic mass is 10.2. The Labute approximate surface area is 128 Å². The molecule has 1 aromatic carbocycles. The monoisotopic (exact) mass is 328 g/mol. The molecule has 2 amide bonds. The van der Waals surface area contributed by atoms with Gasteiger partial charge in [0.1, 0.15) is 0 Å². The number of nitrogens with one attached hydrogen (secondary N) is 2. The van der Waals surface area contributed by atoms with Crippen molar-refractivity contribution < 1.29 is 22.8 Å². The highest BCUT2D eigenvalue weighted by molar-refractivity contribution is 7.12. The Balaban J connectivity index is 1.97. The maximum atomic E-state index is 12.2. The second-order valence-electron chi connectivity index (χ2n) is 4.31. The molecule has 0 radical (unpaired) electrons. The largest absolute Gasteiger partial charge is 0.471 e. The molecular formula is C14H11F3N2O2S. The number of thiophene rings is 1. The van der Waals surface area contributed by atoms with Crippen LogP contribution in [0.5, 0.6) is 0 Å². The molecule has 0 saturated heterocycles. The van der Waals surface area contributed by atoms with Crippen molar-refractivity contribution in [3.63, 3.8) is 0 Å².